The fourth-order valence-electron chi connectivity index (χ4n) is 1.71. The standard InChI is InChI=1S/C13H18N2O4S/c1-4-9(13(18)19)15(3)11(16)7-14-12(17)10-6-5-8(2)20-10/h5-6,9H,4,7H2,1-3H3,(H,14,17)(H,18,19). The number of hydrogen-bond donors (Lipinski definition) is 2. The number of thiophene rings is 1. The third-order valence-electron chi connectivity index (χ3n) is 2.90. The Hall–Kier alpha value is -1.89. The van der Waals surface area contributed by atoms with Crippen LogP contribution in [0, 0.1) is 6.92 Å². The molecule has 1 aromatic rings. The van der Waals surface area contributed by atoms with E-state index in [4.69, 9.17) is 5.11 Å². The summed E-state index contributed by atoms with van der Waals surface area (Å²) >= 11 is 1.34. The molecule has 20 heavy (non-hydrogen) atoms. The molecule has 0 radical (unpaired) electrons. The lowest BCUT2D eigenvalue weighted by atomic mass is 10.2. The maximum absolute atomic E-state index is 11.8. The van der Waals surface area contributed by atoms with E-state index in [9.17, 15) is 14.4 Å². The molecule has 0 fully saturated rings. The van der Waals surface area contributed by atoms with Crippen LogP contribution in [-0.2, 0) is 9.59 Å². The molecule has 6 nitrogen and oxygen atoms in total. The number of likely N-dealkylation sites (N-methyl/N-ethyl adjacent to an activating group) is 1. The van der Waals surface area contributed by atoms with Crippen molar-refractivity contribution in [2.75, 3.05) is 13.6 Å². The number of carboxylic acids is 1. The zero-order chi connectivity index (χ0) is 15.3. The van der Waals surface area contributed by atoms with Crippen molar-refractivity contribution in [1.29, 1.82) is 0 Å². The number of nitrogens with zero attached hydrogens (tertiary/aromatic N) is 1. The third kappa shape index (κ3) is 4.06. The first-order chi connectivity index (χ1) is 9.36. The minimum atomic E-state index is -1.05. The summed E-state index contributed by atoms with van der Waals surface area (Å²) in [6.07, 6.45) is 0.315. The van der Waals surface area contributed by atoms with Gasteiger partial charge in [-0.3, -0.25) is 9.59 Å². The van der Waals surface area contributed by atoms with Gasteiger partial charge in [-0.2, -0.15) is 0 Å². The van der Waals surface area contributed by atoms with E-state index in [-0.39, 0.29) is 12.5 Å². The van der Waals surface area contributed by atoms with Gasteiger partial charge < -0.3 is 15.3 Å². The predicted molar refractivity (Wildman–Crippen MR) is 75.9 cm³/mol. The smallest absolute Gasteiger partial charge is 0.326 e. The third-order valence-corrected chi connectivity index (χ3v) is 3.90. The predicted octanol–water partition coefficient (Wildman–Crippen LogP) is 1.11. The van der Waals surface area contributed by atoms with Gasteiger partial charge in [0.2, 0.25) is 5.91 Å². The van der Waals surface area contributed by atoms with Crippen LogP contribution in [0.2, 0.25) is 0 Å². The monoisotopic (exact) mass is 298 g/mol. The zero-order valence-electron chi connectivity index (χ0n) is 11.7. The molecule has 0 saturated heterocycles. The molecule has 2 N–H and O–H groups in total. The minimum absolute atomic E-state index is 0.212. The highest BCUT2D eigenvalue weighted by atomic mass is 32.1. The quantitative estimate of drug-likeness (QED) is 0.823. The summed E-state index contributed by atoms with van der Waals surface area (Å²) in [7, 11) is 1.42. The molecule has 1 aromatic heterocycles. The van der Waals surface area contributed by atoms with Crippen molar-refractivity contribution in [3.63, 3.8) is 0 Å². The average Bonchev–Trinajstić information content (AvgIpc) is 2.82. The van der Waals surface area contributed by atoms with E-state index < -0.39 is 17.9 Å². The number of carbonyl (C=O) groups is 3. The molecule has 0 aliphatic carbocycles. The lowest BCUT2D eigenvalue weighted by molar-refractivity contribution is -0.148. The summed E-state index contributed by atoms with van der Waals surface area (Å²) in [5.74, 6) is -1.81. The summed E-state index contributed by atoms with van der Waals surface area (Å²) in [5.41, 5.74) is 0. The highest BCUT2D eigenvalue weighted by Gasteiger charge is 2.24. The van der Waals surface area contributed by atoms with Crippen molar-refractivity contribution in [1.82, 2.24) is 10.2 Å². The number of aliphatic carboxylic acids is 1. The molecule has 1 unspecified atom stereocenters. The number of amides is 2. The second-order valence-corrected chi connectivity index (χ2v) is 5.65. The molecule has 1 heterocycles. The van der Waals surface area contributed by atoms with Gasteiger partial charge in [-0.05, 0) is 25.5 Å². The molecule has 0 aliphatic rings. The van der Waals surface area contributed by atoms with E-state index in [2.05, 4.69) is 5.32 Å². The molecular formula is C13H18N2O4S. The molecule has 2 amide bonds. The molecule has 0 aromatic carbocycles. The molecule has 7 heteroatoms. The van der Waals surface area contributed by atoms with Crippen molar-refractivity contribution < 1.29 is 19.5 Å². The Morgan fingerprint density at radius 1 is 1.40 bits per heavy atom. The summed E-state index contributed by atoms with van der Waals surface area (Å²) in [6.45, 7) is 3.37. The zero-order valence-corrected chi connectivity index (χ0v) is 12.5. The molecule has 110 valence electrons. The van der Waals surface area contributed by atoms with E-state index in [1.54, 1.807) is 13.0 Å². The van der Waals surface area contributed by atoms with Gasteiger partial charge in [0.1, 0.15) is 6.04 Å². The topological polar surface area (TPSA) is 86.7 Å². The van der Waals surface area contributed by atoms with Gasteiger partial charge in [-0.15, -0.1) is 11.3 Å². The Bertz CT molecular complexity index is 512. The van der Waals surface area contributed by atoms with Crippen LogP contribution in [0.3, 0.4) is 0 Å². The number of aryl methyl sites for hydroxylation is 1. The summed E-state index contributed by atoms with van der Waals surface area (Å²) in [6, 6.07) is 2.64. The van der Waals surface area contributed by atoms with E-state index in [0.717, 1.165) is 9.78 Å². The highest BCUT2D eigenvalue weighted by molar-refractivity contribution is 7.13. The maximum atomic E-state index is 11.8. The van der Waals surface area contributed by atoms with Gasteiger partial charge >= 0.3 is 5.97 Å². The first-order valence-corrected chi connectivity index (χ1v) is 7.01. The molecule has 0 aliphatic heterocycles. The largest absolute Gasteiger partial charge is 0.480 e. The van der Waals surface area contributed by atoms with Crippen molar-refractivity contribution in [2.45, 2.75) is 26.3 Å². The minimum Gasteiger partial charge on any atom is -0.480 e. The number of carboxylic acid groups (broad SMARTS) is 1. The van der Waals surface area contributed by atoms with Crippen LogP contribution in [-0.4, -0.2) is 47.4 Å². The Labute approximate surface area is 121 Å². The van der Waals surface area contributed by atoms with Crippen molar-refractivity contribution >= 4 is 29.1 Å². The summed E-state index contributed by atoms with van der Waals surface area (Å²) < 4.78 is 0. The molecule has 0 bridgehead atoms. The number of rotatable bonds is 6. The maximum Gasteiger partial charge on any atom is 0.326 e. The Morgan fingerprint density at radius 3 is 2.50 bits per heavy atom. The normalized spacial score (nSPS) is 11.8. The fraction of sp³-hybridized carbons (Fsp3) is 0.462. The van der Waals surface area contributed by atoms with Gasteiger partial charge in [-0.25, -0.2) is 4.79 Å². The Morgan fingerprint density at radius 2 is 2.05 bits per heavy atom. The van der Waals surface area contributed by atoms with Gasteiger partial charge in [0.05, 0.1) is 11.4 Å². The van der Waals surface area contributed by atoms with Crippen LogP contribution in [0.1, 0.15) is 27.9 Å². The van der Waals surface area contributed by atoms with Crippen LogP contribution < -0.4 is 5.32 Å². The SMILES string of the molecule is CCC(C(=O)O)N(C)C(=O)CNC(=O)c1ccc(C)s1. The molecule has 0 saturated carbocycles. The summed E-state index contributed by atoms with van der Waals surface area (Å²) in [4.78, 5) is 37.3. The van der Waals surface area contributed by atoms with Crippen LogP contribution in [0.5, 0.6) is 0 Å². The van der Waals surface area contributed by atoms with Crippen molar-refractivity contribution in [2.24, 2.45) is 0 Å². The lowest BCUT2D eigenvalue weighted by Crippen LogP contribution is -2.46. The second-order valence-electron chi connectivity index (χ2n) is 4.36. The molecule has 1 rings (SSSR count). The van der Waals surface area contributed by atoms with Crippen LogP contribution in [0.15, 0.2) is 12.1 Å². The van der Waals surface area contributed by atoms with Crippen LogP contribution in [0.25, 0.3) is 0 Å². The first-order valence-electron chi connectivity index (χ1n) is 6.20. The molecular weight excluding hydrogens is 280 g/mol. The van der Waals surface area contributed by atoms with Gasteiger partial charge in [0.25, 0.3) is 5.91 Å². The lowest BCUT2D eigenvalue weighted by Gasteiger charge is -2.23. The Balaban J connectivity index is 2.54. The van der Waals surface area contributed by atoms with Crippen LogP contribution in [0.4, 0.5) is 0 Å². The van der Waals surface area contributed by atoms with Crippen molar-refractivity contribution in [3.05, 3.63) is 21.9 Å². The van der Waals surface area contributed by atoms with E-state index in [1.807, 2.05) is 13.0 Å². The second kappa shape index (κ2) is 7.04. The fourth-order valence-corrected chi connectivity index (χ4v) is 2.50. The van der Waals surface area contributed by atoms with E-state index in [0.29, 0.717) is 11.3 Å². The summed E-state index contributed by atoms with van der Waals surface area (Å²) in [5, 5.41) is 11.5. The highest BCUT2D eigenvalue weighted by Crippen LogP contribution is 2.14. The van der Waals surface area contributed by atoms with Gasteiger partial charge in [-0.1, -0.05) is 6.92 Å². The molecule has 1 atom stereocenters. The first kappa shape index (κ1) is 16.2. The van der Waals surface area contributed by atoms with Gasteiger partial charge in [0, 0.05) is 11.9 Å². The van der Waals surface area contributed by atoms with Crippen molar-refractivity contribution in [3.8, 4) is 0 Å². The Kier molecular flexibility index (Phi) is 5.69. The number of hydrogen-bond acceptors (Lipinski definition) is 4. The van der Waals surface area contributed by atoms with E-state index >= 15 is 0 Å². The molecule has 0 spiro atoms. The number of nitrogens with one attached hydrogen (secondary N) is 1. The van der Waals surface area contributed by atoms with E-state index in [1.165, 1.54) is 18.4 Å². The number of carbonyl (C=O) groups excluding carboxylic acids is 2. The van der Waals surface area contributed by atoms with Gasteiger partial charge in [0.15, 0.2) is 0 Å². The van der Waals surface area contributed by atoms with Crippen LogP contribution >= 0.6 is 11.3 Å². The average molecular weight is 298 g/mol.